The van der Waals surface area contributed by atoms with Crippen molar-refractivity contribution in [2.24, 2.45) is 11.1 Å². The average molecular weight is 409 g/mol. The van der Waals surface area contributed by atoms with Gasteiger partial charge in [0.15, 0.2) is 0 Å². The number of hydrogen-bond acceptors (Lipinski definition) is 7. The predicted molar refractivity (Wildman–Crippen MR) is 106 cm³/mol. The second-order valence-electron chi connectivity index (χ2n) is 7.32. The summed E-state index contributed by atoms with van der Waals surface area (Å²) in [7, 11) is 0. The Balaban J connectivity index is 1.41. The third-order valence-corrected chi connectivity index (χ3v) is 7.21. The van der Waals surface area contributed by atoms with Crippen LogP contribution in [0.4, 0.5) is 16.0 Å². The van der Waals surface area contributed by atoms with Crippen molar-refractivity contribution < 1.29 is 4.39 Å². The van der Waals surface area contributed by atoms with Crippen LogP contribution in [0.25, 0.3) is 0 Å². The van der Waals surface area contributed by atoms with E-state index < -0.39 is 6.17 Å². The van der Waals surface area contributed by atoms with Crippen LogP contribution in [0, 0.1) is 5.41 Å². The van der Waals surface area contributed by atoms with Crippen LogP contribution in [0.15, 0.2) is 34.6 Å². The summed E-state index contributed by atoms with van der Waals surface area (Å²) in [5, 5.41) is 1.16. The van der Waals surface area contributed by atoms with E-state index in [1.165, 1.54) is 11.8 Å². The van der Waals surface area contributed by atoms with Crippen molar-refractivity contribution in [1.29, 1.82) is 0 Å². The molecule has 4 N–H and O–H groups in total. The smallest absolute Gasteiger partial charge is 0.147 e. The van der Waals surface area contributed by atoms with Gasteiger partial charge in [-0.1, -0.05) is 23.4 Å². The van der Waals surface area contributed by atoms with Gasteiger partial charge in [0, 0.05) is 30.2 Å². The average Bonchev–Trinajstić information content (AvgIpc) is 2.93. The first-order valence-corrected chi connectivity index (χ1v) is 10.2. The molecule has 1 aliphatic heterocycles. The van der Waals surface area contributed by atoms with Gasteiger partial charge in [-0.3, -0.25) is 0 Å². The van der Waals surface area contributed by atoms with E-state index in [9.17, 15) is 4.39 Å². The number of alkyl halides is 1. The van der Waals surface area contributed by atoms with Crippen molar-refractivity contribution in [3.63, 3.8) is 0 Å². The number of nitrogen functional groups attached to an aromatic ring is 1. The van der Waals surface area contributed by atoms with Gasteiger partial charge in [0.05, 0.1) is 17.4 Å². The monoisotopic (exact) mass is 408 g/mol. The molecule has 9 heteroatoms. The quantitative estimate of drug-likeness (QED) is 0.804. The zero-order chi connectivity index (χ0) is 19.0. The third-order valence-electron chi connectivity index (χ3n) is 5.72. The minimum absolute atomic E-state index is 0.0305. The van der Waals surface area contributed by atoms with Crippen molar-refractivity contribution in [2.45, 2.75) is 47.8 Å². The number of halogens is 2. The molecule has 0 aromatic carbocycles. The van der Waals surface area contributed by atoms with Crippen LogP contribution in [-0.4, -0.2) is 40.3 Å². The highest BCUT2D eigenvalue weighted by Gasteiger charge is 2.47. The number of nitrogens with two attached hydrogens (primary N) is 2. The summed E-state index contributed by atoms with van der Waals surface area (Å²) in [6.07, 6.45) is 7.26. The first-order chi connectivity index (χ1) is 13.0. The van der Waals surface area contributed by atoms with Crippen LogP contribution < -0.4 is 16.4 Å². The highest BCUT2D eigenvalue weighted by Crippen LogP contribution is 2.47. The summed E-state index contributed by atoms with van der Waals surface area (Å²) in [5.41, 5.74) is 11.9. The highest BCUT2D eigenvalue weighted by atomic mass is 35.5. The predicted octanol–water partition coefficient (Wildman–Crippen LogP) is 3.30. The van der Waals surface area contributed by atoms with Gasteiger partial charge < -0.3 is 16.4 Å². The molecule has 27 heavy (non-hydrogen) atoms. The molecule has 2 aromatic rings. The molecule has 0 unspecified atom stereocenters. The maximum atomic E-state index is 13.8. The fraction of sp³-hybridized carbons (Fsp3) is 0.500. The molecule has 1 aliphatic carbocycles. The van der Waals surface area contributed by atoms with Gasteiger partial charge in [-0.15, -0.1) is 0 Å². The molecule has 0 radical (unpaired) electrons. The van der Waals surface area contributed by atoms with Crippen molar-refractivity contribution in [3.8, 4) is 0 Å². The molecule has 2 fully saturated rings. The number of hydrogen-bond donors (Lipinski definition) is 2. The minimum Gasteiger partial charge on any atom is -0.382 e. The molecule has 4 rings (SSSR count). The Morgan fingerprint density at radius 3 is 2.63 bits per heavy atom. The molecule has 6 nitrogen and oxygen atoms in total. The van der Waals surface area contributed by atoms with Crippen molar-refractivity contribution in [3.05, 3.63) is 29.7 Å². The van der Waals surface area contributed by atoms with E-state index in [0.29, 0.717) is 23.7 Å². The maximum Gasteiger partial charge on any atom is 0.147 e. The van der Waals surface area contributed by atoms with E-state index in [-0.39, 0.29) is 11.5 Å². The Hall–Kier alpha value is -1.64. The van der Waals surface area contributed by atoms with Crippen LogP contribution >= 0.6 is 23.4 Å². The molecule has 3 heterocycles. The Labute approximate surface area is 166 Å². The molecule has 0 bridgehead atoms. The molecule has 0 amide bonds. The SMILES string of the molecule is Nc1nccc(Sc2cnc(N3CCC4(CC3)C[C@H](F)C[C@H]4N)cn2)c1Cl. The Bertz CT molecular complexity index is 812. The van der Waals surface area contributed by atoms with Crippen LogP contribution in [0.2, 0.25) is 5.02 Å². The van der Waals surface area contributed by atoms with Gasteiger partial charge in [0.2, 0.25) is 0 Å². The number of piperidine rings is 1. The third kappa shape index (κ3) is 3.70. The van der Waals surface area contributed by atoms with E-state index in [0.717, 1.165) is 41.7 Å². The highest BCUT2D eigenvalue weighted by molar-refractivity contribution is 7.99. The maximum absolute atomic E-state index is 13.8. The van der Waals surface area contributed by atoms with E-state index >= 15 is 0 Å². The number of nitrogens with zero attached hydrogens (tertiary/aromatic N) is 4. The van der Waals surface area contributed by atoms with Crippen LogP contribution in [0.5, 0.6) is 0 Å². The molecule has 1 saturated heterocycles. The summed E-state index contributed by atoms with van der Waals surface area (Å²) in [4.78, 5) is 16.0. The first kappa shape index (κ1) is 18.7. The van der Waals surface area contributed by atoms with Crippen molar-refractivity contribution in [2.75, 3.05) is 23.7 Å². The van der Waals surface area contributed by atoms with Gasteiger partial charge in [-0.25, -0.2) is 19.3 Å². The number of anilines is 2. The minimum atomic E-state index is -0.753. The van der Waals surface area contributed by atoms with Gasteiger partial charge in [0.25, 0.3) is 0 Å². The summed E-state index contributed by atoms with van der Waals surface area (Å²) < 4.78 is 13.8. The number of aromatic nitrogens is 3. The molecular weight excluding hydrogens is 387 g/mol. The number of pyridine rings is 1. The molecule has 1 saturated carbocycles. The first-order valence-electron chi connectivity index (χ1n) is 9.01. The van der Waals surface area contributed by atoms with E-state index in [1.54, 1.807) is 24.7 Å². The van der Waals surface area contributed by atoms with Crippen LogP contribution in [0.3, 0.4) is 0 Å². The Morgan fingerprint density at radius 2 is 2.00 bits per heavy atom. The molecule has 2 aliphatic rings. The largest absolute Gasteiger partial charge is 0.382 e. The van der Waals surface area contributed by atoms with Crippen molar-refractivity contribution >= 4 is 35.0 Å². The lowest BCUT2D eigenvalue weighted by molar-refractivity contribution is 0.184. The lowest BCUT2D eigenvalue weighted by atomic mass is 9.74. The van der Waals surface area contributed by atoms with Crippen LogP contribution in [-0.2, 0) is 0 Å². The normalized spacial score (nSPS) is 24.5. The molecule has 2 aromatic heterocycles. The van der Waals surface area contributed by atoms with Gasteiger partial charge in [-0.2, -0.15) is 0 Å². The summed E-state index contributed by atoms with van der Waals surface area (Å²) in [6.45, 7) is 1.66. The van der Waals surface area contributed by atoms with Gasteiger partial charge in [0.1, 0.15) is 22.8 Å². The molecular formula is C18H22ClFN6S. The summed E-state index contributed by atoms with van der Waals surface area (Å²) in [6, 6.07) is 1.77. The summed E-state index contributed by atoms with van der Waals surface area (Å²) >= 11 is 7.57. The lowest BCUT2D eigenvalue weighted by Gasteiger charge is -2.42. The van der Waals surface area contributed by atoms with Crippen molar-refractivity contribution in [1.82, 2.24) is 15.0 Å². The fourth-order valence-corrected chi connectivity index (χ4v) is 5.10. The number of rotatable bonds is 3. The Morgan fingerprint density at radius 1 is 1.22 bits per heavy atom. The second-order valence-corrected chi connectivity index (χ2v) is 8.76. The Kier molecular flexibility index (Phi) is 5.13. The topological polar surface area (TPSA) is 94.0 Å². The van der Waals surface area contributed by atoms with Crippen LogP contribution in [0.1, 0.15) is 25.7 Å². The standard InChI is InChI=1S/C18H22ClFN6S/c19-16-12(1-4-23-17(16)22)27-15-10-24-14(9-25-15)26-5-2-18(3-6-26)8-11(20)7-13(18)21/h1,4,9-11,13H,2-3,5-8,21H2,(H2,22,23)/t11-,13-/m1/s1. The zero-order valence-electron chi connectivity index (χ0n) is 14.8. The molecule has 144 valence electrons. The second kappa shape index (κ2) is 7.41. The van der Waals surface area contributed by atoms with E-state index in [1.807, 2.05) is 0 Å². The van der Waals surface area contributed by atoms with Gasteiger partial charge in [-0.05, 0) is 37.2 Å². The molecule has 1 spiro atoms. The van der Waals surface area contributed by atoms with Gasteiger partial charge >= 0.3 is 0 Å². The fourth-order valence-electron chi connectivity index (χ4n) is 4.12. The van der Waals surface area contributed by atoms with E-state index in [4.69, 9.17) is 23.1 Å². The lowest BCUT2D eigenvalue weighted by Crippen LogP contribution is -2.47. The zero-order valence-corrected chi connectivity index (χ0v) is 16.4. The van der Waals surface area contributed by atoms with E-state index in [2.05, 4.69) is 19.9 Å². The summed E-state index contributed by atoms with van der Waals surface area (Å²) in [5.74, 6) is 1.13. The molecule has 2 atom stereocenters.